The molecular formula is C18H24N2. The van der Waals surface area contributed by atoms with Crippen LogP contribution in [-0.4, -0.2) is 20.1 Å². The predicted octanol–water partition coefficient (Wildman–Crippen LogP) is 3.77. The van der Waals surface area contributed by atoms with Gasteiger partial charge in [0.1, 0.15) is 0 Å². The second-order valence-corrected chi connectivity index (χ2v) is 6.14. The first kappa shape index (κ1) is 14.6. The van der Waals surface area contributed by atoms with Gasteiger partial charge in [-0.25, -0.2) is 0 Å². The molecule has 0 radical (unpaired) electrons. The summed E-state index contributed by atoms with van der Waals surface area (Å²) in [7, 11) is 2.12. The number of nitrogens with two attached hydrogens (primary N) is 1. The number of rotatable bonds is 5. The minimum atomic E-state index is 0.132. The van der Waals surface area contributed by atoms with Gasteiger partial charge in [0.2, 0.25) is 0 Å². The fraction of sp³-hybridized carbons (Fsp3) is 0.333. The Hall–Kier alpha value is -1.80. The maximum absolute atomic E-state index is 5.81. The largest absolute Gasteiger partial charge is 0.374 e. The van der Waals surface area contributed by atoms with Crippen molar-refractivity contribution in [2.75, 3.05) is 25.0 Å². The van der Waals surface area contributed by atoms with Gasteiger partial charge >= 0.3 is 0 Å². The Morgan fingerprint density at radius 3 is 2.00 bits per heavy atom. The van der Waals surface area contributed by atoms with Crippen molar-refractivity contribution in [1.29, 1.82) is 0 Å². The molecule has 0 aliphatic carbocycles. The van der Waals surface area contributed by atoms with Gasteiger partial charge in [-0.1, -0.05) is 56.3 Å². The minimum Gasteiger partial charge on any atom is -0.374 e. The molecule has 0 saturated carbocycles. The van der Waals surface area contributed by atoms with Gasteiger partial charge in [-0.15, -0.1) is 0 Å². The van der Waals surface area contributed by atoms with E-state index in [0.29, 0.717) is 6.54 Å². The lowest BCUT2D eigenvalue weighted by Gasteiger charge is -2.30. The molecule has 2 rings (SSSR count). The Kier molecular flexibility index (Phi) is 4.46. The second kappa shape index (κ2) is 6.10. The SMILES string of the molecule is CN(CC(C)(C)CN)c1ccc(-c2ccccc2)cc1. The van der Waals surface area contributed by atoms with Gasteiger partial charge in [-0.3, -0.25) is 0 Å². The highest BCUT2D eigenvalue weighted by Crippen LogP contribution is 2.24. The first-order valence-corrected chi connectivity index (χ1v) is 7.08. The van der Waals surface area contributed by atoms with E-state index in [4.69, 9.17) is 5.73 Å². The summed E-state index contributed by atoms with van der Waals surface area (Å²) >= 11 is 0. The number of benzene rings is 2. The summed E-state index contributed by atoms with van der Waals surface area (Å²) < 4.78 is 0. The molecule has 0 aliphatic heterocycles. The Balaban J connectivity index is 2.12. The Bertz CT molecular complexity index is 529. The zero-order valence-corrected chi connectivity index (χ0v) is 12.6. The Morgan fingerprint density at radius 2 is 1.45 bits per heavy atom. The minimum absolute atomic E-state index is 0.132. The third-order valence-electron chi connectivity index (χ3n) is 3.63. The summed E-state index contributed by atoms with van der Waals surface area (Å²) in [6.07, 6.45) is 0. The van der Waals surface area contributed by atoms with Crippen LogP contribution in [0.2, 0.25) is 0 Å². The molecule has 0 bridgehead atoms. The average molecular weight is 268 g/mol. The molecule has 2 aromatic rings. The second-order valence-electron chi connectivity index (χ2n) is 6.14. The molecule has 0 atom stereocenters. The van der Waals surface area contributed by atoms with Crippen molar-refractivity contribution < 1.29 is 0 Å². The van der Waals surface area contributed by atoms with Crippen LogP contribution in [0.25, 0.3) is 11.1 Å². The van der Waals surface area contributed by atoms with Crippen LogP contribution < -0.4 is 10.6 Å². The summed E-state index contributed by atoms with van der Waals surface area (Å²) in [6.45, 7) is 6.04. The van der Waals surface area contributed by atoms with Crippen LogP contribution in [0.4, 0.5) is 5.69 Å². The van der Waals surface area contributed by atoms with E-state index in [9.17, 15) is 0 Å². The van der Waals surface area contributed by atoms with E-state index in [1.54, 1.807) is 0 Å². The lowest BCUT2D eigenvalue weighted by atomic mass is 9.93. The smallest absolute Gasteiger partial charge is 0.0364 e. The summed E-state index contributed by atoms with van der Waals surface area (Å²) in [6, 6.07) is 19.2. The van der Waals surface area contributed by atoms with Gasteiger partial charge in [0.05, 0.1) is 0 Å². The van der Waals surface area contributed by atoms with Crippen molar-refractivity contribution in [3.63, 3.8) is 0 Å². The van der Waals surface area contributed by atoms with E-state index in [-0.39, 0.29) is 5.41 Å². The molecule has 106 valence electrons. The zero-order valence-electron chi connectivity index (χ0n) is 12.6. The molecule has 0 aromatic heterocycles. The van der Waals surface area contributed by atoms with Crippen molar-refractivity contribution in [2.24, 2.45) is 11.1 Å². The first-order chi connectivity index (χ1) is 9.52. The number of nitrogens with zero attached hydrogens (tertiary/aromatic N) is 1. The Labute approximate surface area is 122 Å². The highest BCUT2D eigenvalue weighted by molar-refractivity contribution is 5.66. The molecule has 0 fully saturated rings. The molecule has 2 heteroatoms. The van der Waals surface area contributed by atoms with Gasteiger partial charge in [0.15, 0.2) is 0 Å². The van der Waals surface area contributed by atoms with E-state index in [0.717, 1.165) is 6.54 Å². The predicted molar refractivity (Wildman–Crippen MR) is 88.0 cm³/mol. The molecule has 20 heavy (non-hydrogen) atoms. The van der Waals surface area contributed by atoms with Crippen molar-refractivity contribution in [3.8, 4) is 11.1 Å². The third kappa shape index (κ3) is 3.61. The van der Waals surface area contributed by atoms with Crippen LogP contribution >= 0.6 is 0 Å². The van der Waals surface area contributed by atoms with Crippen LogP contribution in [0, 0.1) is 5.41 Å². The highest BCUT2D eigenvalue weighted by Gasteiger charge is 2.18. The Morgan fingerprint density at radius 1 is 0.900 bits per heavy atom. The first-order valence-electron chi connectivity index (χ1n) is 7.08. The monoisotopic (exact) mass is 268 g/mol. The van der Waals surface area contributed by atoms with Gasteiger partial charge in [0.25, 0.3) is 0 Å². The fourth-order valence-electron chi connectivity index (χ4n) is 2.34. The lowest BCUT2D eigenvalue weighted by molar-refractivity contribution is 0.385. The number of hydrogen-bond acceptors (Lipinski definition) is 2. The van der Waals surface area contributed by atoms with Crippen molar-refractivity contribution >= 4 is 5.69 Å². The maximum atomic E-state index is 5.81. The van der Waals surface area contributed by atoms with Crippen molar-refractivity contribution in [3.05, 3.63) is 54.6 Å². The summed E-state index contributed by atoms with van der Waals surface area (Å²) in [5, 5.41) is 0. The van der Waals surface area contributed by atoms with Gasteiger partial charge < -0.3 is 10.6 Å². The zero-order chi connectivity index (χ0) is 14.6. The molecule has 0 unspecified atom stereocenters. The van der Waals surface area contributed by atoms with E-state index >= 15 is 0 Å². The molecule has 0 heterocycles. The van der Waals surface area contributed by atoms with Crippen molar-refractivity contribution in [1.82, 2.24) is 0 Å². The van der Waals surface area contributed by atoms with Crippen molar-refractivity contribution in [2.45, 2.75) is 13.8 Å². The summed E-state index contributed by atoms with van der Waals surface area (Å²) in [5.41, 5.74) is 9.67. The van der Waals surface area contributed by atoms with Crippen LogP contribution in [0.15, 0.2) is 54.6 Å². The molecule has 0 aliphatic rings. The number of hydrogen-bond donors (Lipinski definition) is 1. The van der Waals surface area contributed by atoms with Crippen LogP contribution in [0.1, 0.15) is 13.8 Å². The van der Waals surface area contributed by atoms with Crippen LogP contribution in [-0.2, 0) is 0 Å². The summed E-state index contributed by atoms with van der Waals surface area (Å²) in [5.74, 6) is 0. The third-order valence-corrected chi connectivity index (χ3v) is 3.63. The quantitative estimate of drug-likeness (QED) is 0.894. The van der Waals surface area contributed by atoms with Crippen LogP contribution in [0.3, 0.4) is 0 Å². The molecule has 2 N–H and O–H groups in total. The van der Waals surface area contributed by atoms with E-state index < -0.39 is 0 Å². The van der Waals surface area contributed by atoms with Gasteiger partial charge in [0, 0.05) is 19.3 Å². The molecule has 2 nitrogen and oxygen atoms in total. The normalized spacial score (nSPS) is 11.4. The highest BCUT2D eigenvalue weighted by atomic mass is 15.1. The number of anilines is 1. The standard InChI is InChI=1S/C18H24N2/c1-18(2,13-19)14-20(3)17-11-9-16(10-12-17)15-7-5-4-6-8-15/h4-12H,13-14,19H2,1-3H3. The maximum Gasteiger partial charge on any atom is 0.0364 e. The van der Waals surface area contributed by atoms with Gasteiger partial charge in [-0.05, 0) is 35.2 Å². The lowest BCUT2D eigenvalue weighted by Crippen LogP contribution is -2.36. The molecule has 0 saturated heterocycles. The van der Waals surface area contributed by atoms with Gasteiger partial charge in [-0.2, -0.15) is 0 Å². The molecule has 2 aromatic carbocycles. The van der Waals surface area contributed by atoms with E-state index in [1.165, 1.54) is 16.8 Å². The molecule has 0 amide bonds. The average Bonchev–Trinajstić information content (AvgIpc) is 2.48. The summed E-state index contributed by atoms with van der Waals surface area (Å²) in [4.78, 5) is 2.27. The fourth-order valence-corrected chi connectivity index (χ4v) is 2.34. The topological polar surface area (TPSA) is 29.3 Å². The molecular weight excluding hydrogens is 244 g/mol. The molecule has 0 spiro atoms. The van der Waals surface area contributed by atoms with E-state index in [2.05, 4.69) is 74.3 Å². The van der Waals surface area contributed by atoms with E-state index in [1.807, 2.05) is 6.07 Å². The van der Waals surface area contributed by atoms with Crippen LogP contribution in [0.5, 0.6) is 0 Å².